The fourth-order valence-corrected chi connectivity index (χ4v) is 3.30. The van der Waals surface area contributed by atoms with Crippen LogP contribution in [0.2, 0.25) is 0 Å². The van der Waals surface area contributed by atoms with Gasteiger partial charge in [-0.1, -0.05) is 12.2 Å². The van der Waals surface area contributed by atoms with Gasteiger partial charge < -0.3 is 9.84 Å². The van der Waals surface area contributed by atoms with Crippen molar-refractivity contribution >= 4 is 5.97 Å². The molecule has 1 saturated carbocycles. The second-order valence-electron chi connectivity index (χ2n) is 7.01. The van der Waals surface area contributed by atoms with Gasteiger partial charge in [0.05, 0.1) is 12.0 Å². The van der Waals surface area contributed by atoms with Crippen molar-refractivity contribution in [3.8, 4) is 0 Å². The van der Waals surface area contributed by atoms with Crippen molar-refractivity contribution < 1.29 is 14.6 Å². The van der Waals surface area contributed by atoms with Gasteiger partial charge in [0.25, 0.3) is 0 Å². The Morgan fingerprint density at radius 1 is 1.28 bits per heavy atom. The number of esters is 1. The molecular formula is C15H24O3. The number of hydrogen-bond acceptors (Lipinski definition) is 3. The Labute approximate surface area is 109 Å². The monoisotopic (exact) mass is 252 g/mol. The number of allylic oxidation sites excluding steroid dienone is 2. The van der Waals surface area contributed by atoms with Crippen molar-refractivity contribution in [2.75, 3.05) is 0 Å². The largest absolute Gasteiger partial charge is 0.460 e. The topological polar surface area (TPSA) is 46.5 Å². The lowest BCUT2D eigenvalue weighted by Gasteiger charge is -2.34. The Morgan fingerprint density at radius 3 is 2.39 bits per heavy atom. The van der Waals surface area contributed by atoms with Gasteiger partial charge in [-0.3, -0.25) is 4.79 Å². The zero-order valence-corrected chi connectivity index (χ0v) is 11.8. The first-order valence-corrected chi connectivity index (χ1v) is 6.80. The maximum Gasteiger partial charge on any atom is 0.309 e. The third kappa shape index (κ3) is 2.94. The van der Waals surface area contributed by atoms with Crippen molar-refractivity contribution in [1.82, 2.24) is 0 Å². The molecule has 3 nitrogen and oxygen atoms in total. The van der Waals surface area contributed by atoms with E-state index in [4.69, 9.17) is 4.74 Å². The predicted molar refractivity (Wildman–Crippen MR) is 69.9 cm³/mol. The van der Waals surface area contributed by atoms with E-state index in [1.165, 1.54) is 0 Å². The molecule has 1 N–H and O–H groups in total. The van der Waals surface area contributed by atoms with Gasteiger partial charge in [0, 0.05) is 0 Å². The summed E-state index contributed by atoms with van der Waals surface area (Å²) >= 11 is 0. The Hall–Kier alpha value is -0.830. The van der Waals surface area contributed by atoms with Gasteiger partial charge in [0.15, 0.2) is 0 Å². The molecule has 102 valence electrons. The average Bonchev–Trinajstić information content (AvgIpc) is 2.73. The molecule has 1 fully saturated rings. The third-order valence-electron chi connectivity index (χ3n) is 4.00. The summed E-state index contributed by atoms with van der Waals surface area (Å²) in [6, 6.07) is 0. The molecule has 0 saturated heterocycles. The van der Waals surface area contributed by atoms with E-state index in [1.54, 1.807) is 6.92 Å². The molecule has 0 aromatic rings. The lowest BCUT2D eigenvalue weighted by molar-refractivity contribution is -0.162. The van der Waals surface area contributed by atoms with E-state index >= 15 is 0 Å². The second-order valence-corrected chi connectivity index (χ2v) is 7.01. The van der Waals surface area contributed by atoms with E-state index in [2.05, 4.69) is 12.2 Å². The number of carbonyl (C=O) groups is 1. The first-order chi connectivity index (χ1) is 8.17. The van der Waals surface area contributed by atoms with Crippen LogP contribution in [0.15, 0.2) is 12.2 Å². The molecule has 0 heterocycles. The van der Waals surface area contributed by atoms with Gasteiger partial charge in [0.1, 0.15) is 5.60 Å². The van der Waals surface area contributed by atoms with Crippen LogP contribution in [0.4, 0.5) is 0 Å². The van der Waals surface area contributed by atoms with Gasteiger partial charge in [-0.05, 0) is 58.3 Å². The Bertz CT molecular complexity index is 362. The molecule has 0 radical (unpaired) electrons. The van der Waals surface area contributed by atoms with Gasteiger partial charge in [-0.15, -0.1) is 0 Å². The van der Waals surface area contributed by atoms with Crippen LogP contribution in [0.3, 0.4) is 0 Å². The standard InChI is InChI=1S/C15H24O3/c1-14(2,3)18-13(16)9-15(4,17)12-8-10-5-6-11(12)7-10/h5-6,10-12,17H,7-9H2,1-4H3. The molecule has 4 unspecified atom stereocenters. The number of rotatable bonds is 3. The summed E-state index contributed by atoms with van der Waals surface area (Å²) in [5.74, 6) is 0.928. The smallest absolute Gasteiger partial charge is 0.309 e. The van der Waals surface area contributed by atoms with Crippen LogP contribution in [-0.4, -0.2) is 22.3 Å². The minimum atomic E-state index is -0.952. The molecule has 2 rings (SSSR count). The zero-order chi connectivity index (χ0) is 13.6. The lowest BCUT2D eigenvalue weighted by Crippen LogP contribution is -2.40. The van der Waals surface area contributed by atoms with E-state index in [-0.39, 0.29) is 18.3 Å². The highest BCUT2D eigenvalue weighted by Crippen LogP contribution is 2.48. The fraction of sp³-hybridized carbons (Fsp3) is 0.800. The molecule has 4 atom stereocenters. The van der Waals surface area contributed by atoms with Crippen molar-refractivity contribution in [3.63, 3.8) is 0 Å². The summed E-state index contributed by atoms with van der Waals surface area (Å²) in [7, 11) is 0. The second kappa shape index (κ2) is 4.37. The molecule has 0 aliphatic heterocycles. The lowest BCUT2D eigenvalue weighted by atomic mass is 9.78. The molecule has 2 bridgehead atoms. The van der Waals surface area contributed by atoms with Crippen molar-refractivity contribution in [3.05, 3.63) is 12.2 Å². The van der Waals surface area contributed by atoms with E-state index in [9.17, 15) is 9.90 Å². The molecule has 3 heteroatoms. The van der Waals surface area contributed by atoms with Gasteiger partial charge in [-0.25, -0.2) is 0 Å². The van der Waals surface area contributed by atoms with E-state index in [0.29, 0.717) is 11.8 Å². The summed E-state index contributed by atoms with van der Waals surface area (Å²) in [6.07, 6.45) is 6.66. The first-order valence-electron chi connectivity index (χ1n) is 6.80. The van der Waals surface area contributed by atoms with Crippen LogP contribution in [0.25, 0.3) is 0 Å². The molecule has 0 aromatic carbocycles. The summed E-state index contributed by atoms with van der Waals surface area (Å²) in [5, 5.41) is 10.6. The minimum Gasteiger partial charge on any atom is -0.460 e. The fourth-order valence-electron chi connectivity index (χ4n) is 3.30. The summed E-state index contributed by atoms with van der Waals surface area (Å²) in [6.45, 7) is 7.32. The number of carbonyl (C=O) groups excluding carboxylic acids is 1. The Kier molecular flexibility index (Phi) is 3.30. The van der Waals surface area contributed by atoms with E-state index < -0.39 is 11.2 Å². The molecular weight excluding hydrogens is 228 g/mol. The SMILES string of the molecule is CC(C)(C)OC(=O)CC(C)(O)C1CC2C=CC1C2. The predicted octanol–water partition coefficient (Wildman–Crippen LogP) is 2.68. The molecule has 2 aliphatic rings. The highest BCUT2D eigenvalue weighted by Gasteiger charge is 2.46. The highest BCUT2D eigenvalue weighted by molar-refractivity contribution is 5.71. The molecule has 0 amide bonds. The Morgan fingerprint density at radius 2 is 1.94 bits per heavy atom. The van der Waals surface area contributed by atoms with Crippen molar-refractivity contribution in [1.29, 1.82) is 0 Å². The molecule has 0 spiro atoms. The van der Waals surface area contributed by atoms with Crippen LogP contribution in [-0.2, 0) is 9.53 Å². The van der Waals surface area contributed by atoms with Crippen LogP contribution >= 0.6 is 0 Å². The summed E-state index contributed by atoms with van der Waals surface area (Å²) < 4.78 is 5.30. The minimum absolute atomic E-state index is 0.0893. The first kappa shape index (κ1) is 13.6. The third-order valence-corrected chi connectivity index (χ3v) is 4.00. The molecule has 18 heavy (non-hydrogen) atoms. The van der Waals surface area contributed by atoms with Gasteiger partial charge >= 0.3 is 5.97 Å². The van der Waals surface area contributed by atoms with E-state index in [0.717, 1.165) is 12.8 Å². The van der Waals surface area contributed by atoms with Crippen LogP contribution in [0.1, 0.15) is 47.0 Å². The van der Waals surface area contributed by atoms with Gasteiger partial charge in [0.2, 0.25) is 0 Å². The van der Waals surface area contributed by atoms with Crippen LogP contribution < -0.4 is 0 Å². The van der Waals surface area contributed by atoms with Gasteiger partial charge in [-0.2, -0.15) is 0 Å². The number of ether oxygens (including phenoxy) is 1. The van der Waals surface area contributed by atoms with E-state index in [1.807, 2.05) is 20.8 Å². The molecule has 0 aromatic heterocycles. The highest BCUT2D eigenvalue weighted by atomic mass is 16.6. The maximum atomic E-state index is 11.8. The number of fused-ring (bicyclic) bond motifs is 2. The summed E-state index contributed by atoms with van der Waals surface area (Å²) in [5.41, 5.74) is -1.44. The van der Waals surface area contributed by atoms with Crippen LogP contribution in [0, 0.1) is 17.8 Å². The molecule has 2 aliphatic carbocycles. The average molecular weight is 252 g/mol. The number of aliphatic hydroxyl groups is 1. The summed E-state index contributed by atoms with van der Waals surface area (Å²) in [4.78, 5) is 11.8. The Balaban J connectivity index is 1.95. The van der Waals surface area contributed by atoms with Crippen LogP contribution in [0.5, 0.6) is 0 Å². The zero-order valence-electron chi connectivity index (χ0n) is 11.8. The normalized spacial score (nSPS) is 33.5. The number of hydrogen-bond donors (Lipinski definition) is 1. The van der Waals surface area contributed by atoms with Crippen molar-refractivity contribution in [2.24, 2.45) is 17.8 Å². The quantitative estimate of drug-likeness (QED) is 0.620. The van der Waals surface area contributed by atoms with Crippen molar-refractivity contribution in [2.45, 2.75) is 58.2 Å². The maximum absolute atomic E-state index is 11.8.